The number of ketones is 1. The highest BCUT2D eigenvalue weighted by atomic mass is 16.6. The molecule has 2 aliphatic heterocycles. The number of carbonyl (C=O) groups is 5. The quantitative estimate of drug-likeness (QED) is 0.143. The summed E-state index contributed by atoms with van der Waals surface area (Å²) in [5.41, 5.74) is 0.920. The molecule has 12 heteroatoms. The van der Waals surface area contributed by atoms with E-state index in [1.165, 1.54) is 0 Å². The molecule has 0 bridgehead atoms. The van der Waals surface area contributed by atoms with E-state index in [0.717, 1.165) is 11.1 Å². The second-order valence-electron chi connectivity index (χ2n) is 15.4. The zero-order valence-corrected chi connectivity index (χ0v) is 32.0. The molecular formula is C41H59N5O7. The van der Waals surface area contributed by atoms with Crippen LogP contribution in [0, 0.1) is 11.8 Å². The molecule has 0 aromatic heterocycles. The van der Waals surface area contributed by atoms with Crippen molar-refractivity contribution in [2.45, 2.75) is 103 Å². The van der Waals surface area contributed by atoms with Gasteiger partial charge in [-0.25, -0.2) is 0 Å². The van der Waals surface area contributed by atoms with Gasteiger partial charge in [0.05, 0.1) is 32.4 Å². The number of nitrogens with one attached hydrogen (secondary N) is 4. The zero-order valence-electron chi connectivity index (χ0n) is 32.0. The molecule has 2 fully saturated rings. The van der Waals surface area contributed by atoms with Gasteiger partial charge in [0.2, 0.25) is 23.6 Å². The number of rotatable bonds is 21. The number of nitrogens with zero attached hydrogens (tertiary/aromatic N) is 1. The Hall–Kier alpha value is -4.13. The zero-order chi connectivity index (χ0) is 38.4. The summed E-state index contributed by atoms with van der Waals surface area (Å²) in [6.45, 7) is 12.5. The molecule has 5 atom stereocenters. The second-order valence-corrected chi connectivity index (χ2v) is 15.4. The third-order valence-electron chi connectivity index (χ3n) is 9.71. The van der Waals surface area contributed by atoms with Gasteiger partial charge in [-0.2, -0.15) is 0 Å². The third-order valence-corrected chi connectivity index (χ3v) is 9.71. The first-order valence-corrected chi connectivity index (χ1v) is 19.1. The predicted octanol–water partition coefficient (Wildman–Crippen LogP) is 2.97. The fourth-order valence-corrected chi connectivity index (χ4v) is 6.39. The van der Waals surface area contributed by atoms with E-state index in [2.05, 4.69) is 21.3 Å². The highest BCUT2D eigenvalue weighted by Crippen LogP contribution is 2.29. The molecule has 2 aliphatic rings. The Morgan fingerprint density at radius 3 is 1.77 bits per heavy atom. The fourth-order valence-electron chi connectivity index (χ4n) is 6.39. The lowest BCUT2D eigenvalue weighted by Crippen LogP contribution is -2.59. The van der Waals surface area contributed by atoms with E-state index in [-0.39, 0.29) is 36.5 Å². The molecule has 0 radical (unpaired) electrons. The Labute approximate surface area is 314 Å². The van der Waals surface area contributed by atoms with Crippen LogP contribution in [-0.4, -0.2) is 104 Å². The van der Waals surface area contributed by atoms with Gasteiger partial charge in [-0.15, -0.1) is 0 Å². The standard InChI is InChI=1S/C41H59N5O7/c1-28(2)16-18-33(43-38(49)32(19-17-30-12-8-6-9-13-30)42-36(47)26-46-20-22-52-23-21-46)39(50)45-35(25-31-14-10-7-11-15-31)40(51)44-34(24-29(3)4)37(48)41(5)27-53-41/h6-15,28-29,32-35H,16-27H2,1-5H3,(H,42,47)(H,43,49)(H,44,51)(H,45,50)/t32-,33-,34-,35-,41+/m0/s1. The number of ether oxygens (including phenoxy) is 2. The summed E-state index contributed by atoms with van der Waals surface area (Å²) in [4.78, 5) is 70.7. The lowest BCUT2D eigenvalue weighted by molar-refractivity contribution is -0.135. The third kappa shape index (κ3) is 14.0. The van der Waals surface area contributed by atoms with Gasteiger partial charge in [-0.3, -0.25) is 28.9 Å². The van der Waals surface area contributed by atoms with Crippen LogP contribution in [0.5, 0.6) is 0 Å². The Morgan fingerprint density at radius 1 is 0.679 bits per heavy atom. The Balaban J connectivity index is 1.52. The van der Waals surface area contributed by atoms with Crippen LogP contribution in [0.25, 0.3) is 0 Å². The molecule has 0 aliphatic carbocycles. The Morgan fingerprint density at radius 2 is 1.21 bits per heavy atom. The number of morpholine rings is 1. The van der Waals surface area contributed by atoms with Crippen LogP contribution in [0.2, 0.25) is 0 Å². The number of benzene rings is 2. The van der Waals surface area contributed by atoms with E-state index in [4.69, 9.17) is 9.47 Å². The monoisotopic (exact) mass is 733 g/mol. The van der Waals surface area contributed by atoms with Crippen molar-refractivity contribution >= 4 is 29.4 Å². The molecular weight excluding hydrogens is 674 g/mol. The Bertz CT molecular complexity index is 1490. The molecule has 12 nitrogen and oxygen atoms in total. The van der Waals surface area contributed by atoms with Gasteiger partial charge in [-0.05, 0) is 62.0 Å². The minimum absolute atomic E-state index is 0.119. The van der Waals surface area contributed by atoms with Crippen LogP contribution in [0.4, 0.5) is 0 Å². The first-order chi connectivity index (χ1) is 25.3. The van der Waals surface area contributed by atoms with Gasteiger partial charge in [0.1, 0.15) is 23.7 Å². The van der Waals surface area contributed by atoms with E-state index in [1.807, 2.05) is 93.3 Å². The lowest BCUT2D eigenvalue weighted by atomic mass is 9.93. The van der Waals surface area contributed by atoms with E-state index >= 15 is 0 Å². The van der Waals surface area contributed by atoms with E-state index in [0.29, 0.717) is 65.0 Å². The van der Waals surface area contributed by atoms with Crippen molar-refractivity contribution < 1.29 is 33.4 Å². The molecule has 4 amide bonds. The molecule has 0 unspecified atom stereocenters. The molecule has 53 heavy (non-hydrogen) atoms. The first-order valence-electron chi connectivity index (χ1n) is 19.1. The van der Waals surface area contributed by atoms with E-state index < -0.39 is 47.5 Å². The van der Waals surface area contributed by atoms with Crippen molar-refractivity contribution in [1.29, 1.82) is 0 Å². The summed E-state index contributed by atoms with van der Waals surface area (Å²) in [6, 6.07) is 15.4. The van der Waals surface area contributed by atoms with E-state index in [9.17, 15) is 24.0 Å². The molecule has 2 aromatic rings. The Kier molecular flexibility index (Phi) is 16.0. The number of hydrogen-bond donors (Lipinski definition) is 4. The molecule has 4 rings (SSSR count). The van der Waals surface area contributed by atoms with Crippen LogP contribution >= 0.6 is 0 Å². The first kappa shape index (κ1) is 41.6. The van der Waals surface area contributed by atoms with Gasteiger partial charge >= 0.3 is 0 Å². The molecule has 2 aromatic carbocycles. The number of aryl methyl sites for hydroxylation is 1. The molecule has 4 N–H and O–H groups in total. The van der Waals surface area contributed by atoms with Crippen molar-refractivity contribution in [3.05, 3.63) is 71.8 Å². The van der Waals surface area contributed by atoms with Crippen LogP contribution in [-0.2, 0) is 46.3 Å². The van der Waals surface area contributed by atoms with Gasteiger partial charge in [0.25, 0.3) is 0 Å². The minimum Gasteiger partial charge on any atom is -0.379 e. The van der Waals surface area contributed by atoms with Crippen molar-refractivity contribution in [3.8, 4) is 0 Å². The van der Waals surface area contributed by atoms with Gasteiger partial charge < -0.3 is 30.7 Å². The van der Waals surface area contributed by atoms with Gasteiger partial charge in [0.15, 0.2) is 5.78 Å². The SMILES string of the molecule is CC(C)CC[C@H](NC(=O)[C@H](CCc1ccccc1)NC(=O)CN1CCOCC1)C(=O)N[C@@H](Cc1ccccc1)C(=O)N[C@@H](CC(C)C)C(=O)[C@@]1(C)CO1. The molecule has 2 heterocycles. The van der Waals surface area contributed by atoms with Crippen LogP contribution in [0.3, 0.4) is 0 Å². The predicted molar refractivity (Wildman–Crippen MR) is 203 cm³/mol. The molecule has 2 saturated heterocycles. The highest BCUT2D eigenvalue weighted by Gasteiger charge is 2.50. The van der Waals surface area contributed by atoms with Gasteiger partial charge in [0, 0.05) is 19.5 Å². The normalized spacial score (nSPS) is 19.5. The molecule has 0 saturated carbocycles. The summed E-state index contributed by atoms with van der Waals surface area (Å²) in [5.74, 6) is -1.58. The molecule has 290 valence electrons. The summed E-state index contributed by atoms with van der Waals surface area (Å²) in [7, 11) is 0. The number of hydrogen-bond acceptors (Lipinski definition) is 8. The van der Waals surface area contributed by atoms with Crippen molar-refractivity contribution in [3.63, 3.8) is 0 Å². The van der Waals surface area contributed by atoms with Crippen molar-refractivity contribution in [2.24, 2.45) is 11.8 Å². The topological polar surface area (TPSA) is 158 Å². The summed E-state index contributed by atoms with van der Waals surface area (Å²) >= 11 is 0. The second kappa shape index (κ2) is 20.4. The number of Topliss-reactive ketones (excluding diaryl/α,β-unsaturated/α-hetero) is 1. The number of carbonyl (C=O) groups excluding carboxylic acids is 5. The lowest BCUT2D eigenvalue weighted by Gasteiger charge is -2.28. The summed E-state index contributed by atoms with van der Waals surface area (Å²) in [5, 5.41) is 11.7. The van der Waals surface area contributed by atoms with Crippen LogP contribution in [0.1, 0.15) is 71.4 Å². The number of amides is 4. The van der Waals surface area contributed by atoms with Crippen LogP contribution in [0.15, 0.2) is 60.7 Å². The van der Waals surface area contributed by atoms with Gasteiger partial charge in [-0.1, -0.05) is 88.4 Å². The van der Waals surface area contributed by atoms with Crippen LogP contribution < -0.4 is 21.3 Å². The van der Waals surface area contributed by atoms with E-state index in [1.54, 1.807) is 6.92 Å². The summed E-state index contributed by atoms with van der Waals surface area (Å²) in [6.07, 6.45) is 2.43. The van der Waals surface area contributed by atoms with Crippen molar-refractivity contribution in [1.82, 2.24) is 26.2 Å². The van der Waals surface area contributed by atoms with Crippen molar-refractivity contribution in [2.75, 3.05) is 39.5 Å². The largest absolute Gasteiger partial charge is 0.379 e. The fraction of sp³-hybridized carbons (Fsp3) is 0.585. The maximum absolute atomic E-state index is 14.2. The number of epoxide rings is 1. The summed E-state index contributed by atoms with van der Waals surface area (Å²) < 4.78 is 10.8. The maximum atomic E-state index is 14.2. The highest BCUT2D eigenvalue weighted by molar-refractivity contribution is 5.98. The average Bonchev–Trinajstić information content (AvgIpc) is 3.89. The molecule has 0 spiro atoms. The smallest absolute Gasteiger partial charge is 0.243 e. The maximum Gasteiger partial charge on any atom is 0.243 e. The average molecular weight is 734 g/mol. The minimum atomic E-state index is -1.03.